The number of hydrogen-bond donors (Lipinski definition) is 1. The van der Waals surface area contributed by atoms with Gasteiger partial charge in [0.05, 0.1) is 19.8 Å². The Kier molecular flexibility index (Phi) is 7.56. The molecule has 2 rings (SSSR count). The number of methoxy groups -OCH3 is 1. The lowest BCUT2D eigenvalue weighted by Gasteiger charge is -2.12. The topological polar surface area (TPSA) is 69.7 Å². The molecule has 1 heterocycles. The Morgan fingerprint density at radius 1 is 1.19 bits per heavy atom. The molecule has 0 aliphatic heterocycles. The molecule has 6 heteroatoms. The van der Waals surface area contributed by atoms with Gasteiger partial charge in [-0.3, -0.25) is 4.79 Å². The summed E-state index contributed by atoms with van der Waals surface area (Å²) < 4.78 is 16.7. The van der Waals surface area contributed by atoms with Crippen molar-refractivity contribution < 1.29 is 19.0 Å². The van der Waals surface area contributed by atoms with Crippen molar-refractivity contribution in [3.05, 3.63) is 47.7 Å². The molecule has 140 valence electrons. The number of nitrogens with zero attached hydrogens (tertiary/aromatic N) is 1. The lowest BCUT2D eigenvalue weighted by Crippen LogP contribution is -2.20. The number of ether oxygens (including phenoxy) is 3. The number of aromatic nitrogens is 1. The number of nitrogens with one attached hydrogen (secondary N) is 1. The van der Waals surface area contributed by atoms with Crippen LogP contribution in [-0.2, 0) is 11.3 Å². The van der Waals surface area contributed by atoms with Crippen molar-refractivity contribution in [3.63, 3.8) is 0 Å². The lowest BCUT2D eigenvalue weighted by molar-refractivity contribution is 0.0807. The maximum Gasteiger partial charge on any atom is 0.219 e. The number of Topliss-reactive ketones (excluding diaryl/α,β-unsaturated/α-hetero) is 1. The Morgan fingerprint density at radius 2 is 2.00 bits per heavy atom. The van der Waals surface area contributed by atoms with Gasteiger partial charge in [0.15, 0.2) is 17.3 Å². The predicted octanol–water partition coefficient (Wildman–Crippen LogP) is 3.60. The molecule has 0 bridgehead atoms. The first-order chi connectivity index (χ1) is 12.5. The maximum atomic E-state index is 11.3. The molecule has 2 aromatic rings. The van der Waals surface area contributed by atoms with Crippen molar-refractivity contribution >= 4 is 5.78 Å². The summed E-state index contributed by atoms with van der Waals surface area (Å²) in [5, 5.41) is 3.33. The fraction of sp³-hybridized carbons (Fsp3) is 0.400. The average molecular weight is 358 g/mol. The van der Waals surface area contributed by atoms with E-state index in [2.05, 4.69) is 10.3 Å². The van der Waals surface area contributed by atoms with E-state index < -0.39 is 0 Å². The van der Waals surface area contributed by atoms with Crippen LogP contribution in [0.1, 0.15) is 36.7 Å². The third-order valence-electron chi connectivity index (χ3n) is 3.64. The number of hydrogen-bond acceptors (Lipinski definition) is 6. The second-order valence-corrected chi connectivity index (χ2v) is 6.12. The summed E-state index contributed by atoms with van der Waals surface area (Å²) in [6.45, 7) is 7.72. The van der Waals surface area contributed by atoms with E-state index in [1.165, 1.54) is 13.1 Å². The highest BCUT2D eigenvalue weighted by Gasteiger charge is 2.09. The fourth-order valence-electron chi connectivity index (χ4n) is 2.27. The molecule has 1 aromatic carbocycles. The first-order valence-corrected chi connectivity index (χ1v) is 8.63. The van der Waals surface area contributed by atoms with Gasteiger partial charge in [0.1, 0.15) is 0 Å². The number of carbonyl (C=O) groups excluding carboxylic acids is 1. The van der Waals surface area contributed by atoms with Crippen molar-refractivity contribution in [2.75, 3.05) is 20.3 Å². The smallest absolute Gasteiger partial charge is 0.219 e. The average Bonchev–Trinajstić information content (AvgIpc) is 2.62. The molecule has 1 N–H and O–H groups in total. The molecule has 0 saturated carbocycles. The van der Waals surface area contributed by atoms with Gasteiger partial charge in [0, 0.05) is 30.9 Å². The molecule has 0 aliphatic carbocycles. The van der Waals surface area contributed by atoms with Gasteiger partial charge in [0.2, 0.25) is 5.88 Å². The minimum absolute atomic E-state index is 0.0303. The summed E-state index contributed by atoms with van der Waals surface area (Å²) in [7, 11) is 1.60. The number of carbonyl (C=O) groups is 1. The van der Waals surface area contributed by atoms with Crippen LogP contribution < -0.4 is 14.8 Å². The normalized spacial score (nSPS) is 10.8. The lowest BCUT2D eigenvalue weighted by atomic mass is 10.2. The van der Waals surface area contributed by atoms with Crippen molar-refractivity contribution in [1.82, 2.24) is 10.3 Å². The van der Waals surface area contributed by atoms with Crippen LogP contribution in [0.2, 0.25) is 0 Å². The molecule has 6 nitrogen and oxygen atoms in total. The van der Waals surface area contributed by atoms with Gasteiger partial charge in [-0.1, -0.05) is 6.07 Å². The van der Waals surface area contributed by atoms with Gasteiger partial charge in [-0.2, -0.15) is 0 Å². The summed E-state index contributed by atoms with van der Waals surface area (Å²) in [5.74, 6) is 1.57. The van der Waals surface area contributed by atoms with E-state index in [0.717, 1.165) is 12.1 Å². The molecular formula is C20H26N2O4. The maximum absolute atomic E-state index is 11.3. The zero-order valence-corrected chi connectivity index (χ0v) is 15.7. The molecular weight excluding hydrogens is 332 g/mol. The van der Waals surface area contributed by atoms with Crippen LogP contribution in [0, 0.1) is 0 Å². The van der Waals surface area contributed by atoms with E-state index in [1.807, 2.05) is 32.0 Å². The van der Waals surface area contributed by atoms with Crippen LogP contribution in [0.25, 0.3) is 0 Å². The van der Waals surface area contributed by atoms with Crippen LogP contribution in [0.15, 0.2) is 36.5 Å². The monoisotopic (exact) mass is 358 g/mol. The molecule has 0 unspecified atom stereocenters. The van der Waals surface area contributed by atoms with E-state index >= 15 is 0 Å². The third kappa shape index (κ3) is 6.13. The number of ketones is 1. The van der Waals surface area contributed by atoms with E-state index in [0.29, 0.717) is 36.1 Å². The van der Waals surface area contributed by atoms with Crippen molar-refractivity contribution in [2.45, 2.75) is 33.4 Å². The second kappa shape index (κ2) is 9.89. The molecule has 0 fully saturated rings. The summed E-state index contributed by atoms with van der Waals surface area (Å²) in [6, 6.07) is 9.10. The molecule has 0 atom stereocenters. The fourth-order valence-corrected chi connectivity index (χ4v) is 2.27. The molecule has 1 aromatic heterocycles. The van der Waals surface area contributed by atoms with Crippen LogP contribution in [0.4, 0.5) is 0 Å². The van der Waals surface area contributed by atoms with Gasteiger partial charge >= 0.3 is 0 Å². The zero-order chi connectivity index (χ0) is 18.9. The van der Waals surface area contributed by atoms with Gasteiger partial charge in [-0.25, -0.2) is 4.98 Å². The van der Waals surface area contributed by atoms with Crippen LogP contribution in [0.5, 0.6) is 17.4 Å². The SMILES string of the molecule is COc1cc(CNCCOC(C)C)ccc1Oc1ccc(C(C)=O)cn1. The summed E-state index contributed by atoms with van der Waals surface area (Å²) >= 11 is 0. The molecule has 0 spiro atoms. The first-order valence-electron chi connectivity index (χ1n) is 8.63. The second-order valence-electron chi connectivity index (χ2n) is 6.12. The van der Waals surface area contributed by atoms with Crippen LogP contribution in [-0.4, -0.2) is 37.1 Å². The van der Waals surface area contributed by atoms with Crippen molar-refractivity contribution in [1.29, 1.82) is 0 Å². The molecule has 0 saturated heterocycles. The van der Waals surface area contributed by atoms with Gasteiger partial charge in [0.25, 0.3) is 0 Å². The Bertz CT molecular complexity index is 714. The Hall–Kier alpha value is -2.44. The predicted molar refractivity (Wildman–Crippen MR) is 100 cm³/mol. The minimum atomic E-state index is -0.0303. The van der Waals surface area contributed by atoms with Crippen LogP contribution >= 0.6 is 0 Å². The highest BCUT2D eigenvalue weighted by atomic mass is 16.5. The highest BCUT2D eigenvalue weighted by Crippen LogP contribution is 2.31. The van der Waals surface area contributed by atoms with Gasteiger partial charge in [-0.15, -0.1) is 0 Å². The number of rotatable bonds is 10. The zero-order valence-electron chi connectivity index (χ0n) is 15.7. The van der Waals surface area contributed by atoms with E-state index in [4.69, 9.17) is 14.2 Å². The van der Waals surface area contributed by atoms with Crippen molar-refractivity contribution in [2.24, 2.45) is 0 Å². The summed E-state index contributed by atoms with van der Waals surface area (Å²) in [6.07, 6.45) is 1.74. The quantitative estimate of drug-likeness (QED) is 0.517. The summed E-state index contributed by atoms with van der Waals surface area (Å²) in [4.78, 5) is 15.5. The Morgan fingerprint density at radius 3 is 2.62 bits per heavy atom. The molecule has 0 radical (unpaired) electrons. The first kappa shape index (κ1) is 19.9. The van der Waals surface area contributed by atoms with Crippen molar-refractivity contribution in [3.8, 4) is 17.4 Å². The highest BCUT2D eigenvalue weighted by molar-refractivity contribution is 5.93. The number of pyridine rings is 1. The molecule has 0 amide bonds. The third-order valence-corrected chi connectivity index (χ3v) is 3.64. The standard InChI is InChI=1S/C20H26N2O4/c1-14(2)25-10-9-21-12-16-5-7-18(19(11-16)24-4)26-20-8-6-17(13-22-20)15(3)23/h5-8,11,13-14,21H,9-10,12H2,1-4H3. The Balaban J connectivity index is 1.96. The van der Waals surface area contributed by atoms with E-state index in [-0.39, 0.29) is 11.9 Å². The minimum Gasteiger partial charge on any atom is -0.493 e. The largest absolute Gasteiger partial charge is 0.493 e. The van der Waals surface area contributed by atoms with Crippen LogP contribution in [0.3, 0.4) is 0 Å². The number of benzene rings is 1. The molecule has 26 heavy (non-hydrogen) atoms. The summed E-state index contributed by atoms with van der Waals surface area (Å²) in [5.41, 5.74) is 1.63. The van der Waals surface area contributed by atoms with Gasteiger partial charge < -0.3 is 19.5 Å². The van der Waals surface area contributed by atoms with E-state index in [1.54, 1.807) is 19.2 Å². The molecule has 0 aliphatic rings. The Labute approximate surface area is 154 Å². The van der Waals surface area contributed by atoms with E-state index in [9.17, 15) is 4.79 Å². The van der Waals surface area contributed by atoms with Gasteiger partial charge in [-0.05, 0) is 44.5 Å².